The predicted octanol–water partition coefficient (Wildman–Crippen LogP) is 5.69. The summed E-state index contributed by atoms with van der Waals surface area (Å²) >= 11 is 12.3. The van der Waals surface area contributed by atoms with Gasteiger partial charge in [0.2, 0.25) is 0 Å². The van der Waals surface area contributed by atoms with Crippen LogP contribution < -0.4 is 10.6 Å². The van der Waals surface area contributed by atoms with Crippen molar-refractivity contribution in [3.05, 3.63) is 45.9 Å². The van der Waals surface area contributed by atoms with E-state index < -0.39 is 0 Å². The minimum absolute atomic E-state index is 0.495. The van der Waals surface area contributed by atoms with Crippen LogP contribution in [0.1, 0.15) is 32.3 Å². The molecule has 0 radical (unpaired) electrons. The Morgan fingerprint density at radius 2 is 1.67 bits per heavy atom. The second-order valence-corrected chi connectivity index (χ2v) is 5.90. The first-order valence-corrected chi connectivity index (χ1v) is 7.73. The molecule has 1 heterocycles. The number of benzene rings is 1. The fourth-order valence-electron chi connectivity index (χ4n) is 1.93. The molecule has 0 atom stereocenters. The van der Waals surface area contributed by atoms with E-state index >= 15 is 0 Å². The summed E-state index contributed by atoms with van der Waals surface area (Å²) in [4.78, 5) is 4.43. The maximum absolute atomic E-state index is 6.20. The molecule has 1 aromatic heterocycles. The van der Waals surface area contributed by atoms with Gasteiger partial charge in [0.15, 0.2) is 5.82 Å². The molecule has 21 heavy (non-hydrogen) atoms. The molecule has 0 fully saturated rings. The van der Waals surface area contributed by atoms with Crippen molar-refractivity contribution in [2.45, 2.75) is 26.7 Å². The summed E-state index contributed by atoms with van der Waals surface area (Å²) in [6.07, 6.45) is 0. The third kappa shape index (κ3) is 4.02. The lowest BCUT2D eigenvalue weighted by Crippen LogP contribution is -2.03. The highest BCUT2D eigenvalue weighted by Crippen LogP contribution is 2.31. The number of nitrogens with one attached hydrogen (secondary N) is 2. The van der Waals surface area contributed by atoms with Crippen LogP contribution in [0.2, 0.25) is 10.0 Å². The number of rotatable bonds is 5. The second kappa shape index (κ2) is 7.01. The van der Waals surface area contributed by atoms with Crippen molar-refractivity contribution in [3.63, 3.8) is 0 Å². The molecule has 0 aliphatic carbocycles. The van der Waals surface area contributed by atoms with E-state index in [1.807, 2.05) is 19.1 Å². The Labute approximate surface area is 135 Å². The van der Waals surface area contributed by atoms with Gasteiger partial charge >= 0.3 is 0 Å². The first kappa shape index (κ1) is 15.9. The molecule has 0 aliphatic heterocycles. The monoisotopic (exact) mass is 323 g/mol. The van der Waals surface area contributed by atoms with Gasteiger partial charge in [-0.05, 0) is 36.6 Å². The minimum Gasteiger partial charge on any atom is -0.369 e. The maximum atomic E-state index is 6.20. The van der Waals surface area contributed by atoms with Crippen molar-refractivity contribution in [2.24, 2.45) is 0 Å². The lowest BCUT2D eigenvalue weighted by molar-refractivity contribution is 0.867. The lowest BCUT2D eigenvalue weighted by atomic mass is 10.0. The summed E-state index contributed by atoms with van der Waals surface area (Å²) in [7, 11) is 0. The van der Waals surface area contributed by atoms with Gasteiger partial charge in [0, 0.05) is 12.2 Å². The number of anilines is 3. The predicted molar refractivity (Wildman–Crippen MR) is 92.2 cm³/mol. The van der Waals surface area contributed by atoms with Gasteiger partial charge in [0.05, 0.1) is 10.0 Å². The Kier molecular flexibility index (Phi) is 5.32. The van der Waals surface area contributed by atoms with E-state index in [0.29, 0.717) is 27.6 Å². The molecular weight excluding hydrogens is 305 g/mol. The fourth-order valence-corrected chi connectivity index (χ4v) is 2.41. The SMILES string of the molecule is CCNc1nc(Nc2ccc(C(C)C)cc2)c(Cl)cc1Cl. The van der Waals surface area contributed by atoms with Crippen LogP contribution in [0.3, 0.4) is 0 Å². The van der Waals surface area contributed by atoms with E-state index in [1.54, 1.807) is 6.07 Å². The molecule has 0 aliphatic rings. The Balaban J connectivity index is 2.24. The van der Waals surface area contributed by atoms with Crippen LogP contribution in [0.25, 0.3) is 0 Å². The summed E-state index contributed by atoms with van der Waals surface area (Å²) in [5.41, 5.74) is 2.24. The molecule has 0 saturated heterocycles. The van der Waals surface area contributed by atoms with E-state index in [0.717, 1.165) is 12.2 Å². The Bertz CT molecular complexity index is 610. The van der Waals surface area contributed by atoms with E-state index in [2.05, 4.69) is 41.6 Å². The third-order valence-corrected chi connectivity index (χ3v) is 3.69. The number of hydrogen-bond acceptors (Lipinski definition) is 3. The standard InChI is InChI=1S/C16H19Cl2N3/c1-4-19-15-13(17)9-14(18)16(21-15)20-12-7-5-11(6-8-12)10(2)3/h5-10H,4H2,1-3H3,(H2,19,20,21). The molecule has 5 heteroatoms. The summed E-state index contributed by atoms with van der Waals surface area (Å²) in [6, 6.07) is 9.94. The smallest absolute Gasteiger partial charge is 0.151 e. The van der Waals surface area contributed by atoms with Crippen LogP contribution in [0.5, 0.6) is 0 Å². The van der Waals surface area contributed by atoms with Crippen LogP contribution in [-0.4, -0.2) is 11.5 Å². The highest BCUT2D eigenvalue weighted by Gasteiger charge is 2.09. The molecule has 0 bridgehead atoms. The van der Waals surface area contributed by atoms with E-state index in [9.17, 15) is 0 Å². The summed E-state index contributed by atoms with van der Waals surface area (Å²) < 4.78 is 0. The van der Waals surface area contributed by atoms with Crippen molar-refractivity contribution < 1.29 is 0 Å². The number of hydrogen-bond donors (Lipinski definition) is 2. The Hall–Kier alpha value is -1.45. The second-order valence-electron chi connectivity index (χ2n) is 5.08. The summed E-state index contributed by atoms with van der Waals surface area (Å²) in [6.45, 7) is 7.08. The molecule has 1 aromatic carbocycles. The van der Waals surface area contributed by atoms with Crippen LogP contribution in [0, 0.1) is 0 Å². The number of pyridine rings is 1. The molecule has 0 unspecified atom stereocenters. The molecule has 0 amide bonds. The van der Waals surface area contributed by atoms with Gasteiger partial charge in [-0.3, -0.25) is 0 Å². The zero-order valence-electron chi connectivity index (χ0n) is 12.4. The van der Waals surface area contributed by atoms with E-state index in [4.69, 9.17) is 23.2 Å². The maximum Gasteiger partial charge on any atom is 0.151 e. The van der Waals surface area contributed by atoms with Crippen LogP contribution in [0.15, 0.2) is 30.3 Å². The molecule has 3 nitrogen and oxygen atoms in total. The highest BCUT2D eigenvalue weighted by molar-refractivity contribution is 6.37. The van der Waals surface area contributed by atoms with Crippen molar-refractivity contribution in [1.29, 1.82) is 0 Å². The van der Waals surface area contributed by atoms with Crippen LogP contribution in [0.4, 0.5) is 17.3 Å². The molecule has 0 saturated carbocycles. The topological polar surface area (TPSA) is 37.0 Å². The zero-order valence-corrected chi connectivity index (χ0v) is 13.9. The normalized spacial score (nSPS) is 10.8. The van der Waals surface area contributed by atoms with Crippen molar-refractivity contribution in [1.82, 2.24) is 4.98 Å². The molecule has 112 valence electrons. The number of nitrogens with zero attached hydrogens (tertiary/aromatic N) is 1. The third-order valence-electron chi connectivity index (χ3n) is 3.11. The molecule has 2 rings (SSSR count). The number of halogens is 2. The number of aromatic nitrogens is 1. The van der Waals surface area contributed by atoms with Crippen LogP contribution in [-0.2, 0) is 0 Å². The highest BCUT2D eigenvalue weighted by atomic mass is 35.5. The average Bonchev–Trinajstić information content (AvgIpc) is 2.45. The van der Waals surface area contributed by atoms with Gasteiger partial charge in [0.25, 0.3) is 0 Å². The largest absolute Gasteiger partial charge is 0.369 e. The fraction of sp³-hybridized carbons (Fsp3) is 0.312. The van der Waals surface area contributed by atoms with Crippen molar-refractivity contribution >= 4 is 40.5 Å². The summed E-state index contributed by atoms with van der Waals surface area (Å²) in [5.74, 6) is 1.73. The summed E-state index contributed by atoms with van der Waals surface area (Å²) in [5, 5.41) is 7.35. The average molecular weight is 324 g/mol. The van der Waals surface area contributed by atoms with Crippen molar-refractivity contribution in [3.8, 4) is 0 Å². The van der Waals surface area contributed by atoms with Crippen molar-refractivity contribution in [2.75, 3.05) is 17.2 Å². The lowest BCUT2D eigenvalue weighted by Gasteiger charge is -2.12. The molecule has 0 spiro atoms. The van der Waals surface area contributed by atoms with Crippen LogP contribution >= 0.6 is 23.2 Å². The van der Waals surface area contributed by atoms with Gasteiger partial charge in [-0.2, -0.15) is 0 Å². The van der Waals surface area contributed by atoms with Gasteiger partial charge in [-0.1, -0.05) is 49.2 Å². The van der Waals surface area contributed by atoms with Gasteiger partial charge in [0.1, 0.15) is 5.82 Å². The Morgan fingerprint density at radius 3 is 2.24 bits per heavy atom. The van der Waals surface area contributed by atoms with E-state index in [-0.39, 0.29) is 0 Å². The first-order valence-electron chi connectivity index (χ1n) is 6.98. The molecule has 2 aromatic rings. The molecule has 2 N–H and O–H groups in total. The Morgan fingerprint density at radius 1 is 1.05 bits per heavy atom. The minimum atomic E-state index is 0.495. The van der Waals surface area contributed by atoms with Gasteiger partial charge in [-0.15, -0.1) is 0 Å². The van der Waals surface area contributed by atoms with Gasteiger partial charge in [-0.25, -0.2) is 4.98 Å². The van der Waals surface area contributed by atoms with E-state index in [1.165, 1.54) is 5.56 Å². The quantitative estimate of drug-likeness (QED) is 0.742. The molecular formula is C16H19Cl2N3. The first-order chi connectivity index (χ1) is 10.0. The van der Waals surface area contributed by atoms with Gasteiger partial charge < -0.3 is 10.6 Å². The zero-order chi connectivity index (χ0) is 15.4.